The minimum absolute atomic E-state index is 0.105. The molecular weight excluding hydrogens is 433 g/mol. The van der Waals surface area contributed by atoms with Crippen LogP contribution in [0.3, 0.4) is 0 Å². The predicted molar refractivity (Wildman–Crippen MR) is 95.2 cm³/mol. The zero-order valence-electron chi connectivity index (χ0n) is 15.4. The van der Waals surface area contributed by atoms with Crippen molar-refractivity contribution in [1.29, 1.82) is 0 Å². The minimum Gasteiger partial charge on any atom is -0.481 e. The van der Waals surface area contributed by atoms with Crippen LogP contribution in [0.15, 0.2) is 47.2 Å². The summed E-state index contributed by atoms with van der Waals surface area (Å²) in [6.07, 6.45) is -3.98. The molecule has 0 unspecified atom stereocenters. The Morgan fingerprint density at radius 3 is 2.27 bits per heavy atom. The highest BCUT2D eigenvalue weighted by molar-refractivity contribution is 7.89. The summed E-state index contributed by atoms with van der Waals surface area (Å²) < 4.78 is 78.2. The van der Waals surface area contributed by atoms with E-state index in [-0.39, 0.29) is 23.5 Å². The van der Waals surface area contributed by atoms with Gasteiger partial charge >= 0.3 is 6.36 Å². The fraction of sp³-hybridized carbons (Fsp3) is 0.200. The maximum Gasteiger partial charge on any atom is 0.573 e. The average Bonchev–Trinajstić information content (AvgIpc) is 3.09. The van der Waals surface area contributed by atoms with Crippen LogP contribution in [-0.2, 0) is 10.0 Å². The molecule has 15 heteroatoms. The summed E-state index contributed by atoms with van der Waals surface area (Å²) in [6, 6.07) is 5.62. The highest BCUT2D eigenvalue weighted by Crippen LogP contribution is 2.32. The first-order valence-corrected chi connectivity index (χ1v) is 9.39. The minimum atomic E-state index is -5.09. The van der Waals surface area contributed by atoms with Gasteiger partial charge in [0.2, 0.25) is 11.8 Å². The van der Waals surface area contributed by atoms with E-state index in [4.69, 9.17) is 15.2 Å². The van der Waals surface area contributed by atoms with Gasteiger partial charge in [0.25, 0.3) is 16.0 Å². The fourth-order valence-corrected chi connectivity index (χ4v) is 3.68. The van der Waals surface area contributed by atoms with Gasteiger partial charge in [-0.15, -0.1) is 18.7 Å². The maximum atomic E-state index is 13.0. The number of halogens is 3. The average molecular weight is 448 g/mol. The Labute approximate surface area is 168 Å². The molecule has 11 nitrogen and oxygen atoms in total. The number of sulfonamides is 1. The van der Waals surface area contributed by atoms with Crippen molar-refractivity contribution in [2.75, 3.05) is 19.2 Å². The molecule has 3 N–H and O–H groups in total. The lowest BCUT2D eigenvalue weighted by atomic mass is 10.3. The summed E-state index contributed by atoms with van der Waals surface area (Å²) in [5.74, 6) is -1.18. The molecule has 0 spiro atoms. The van der Waals surface area contributed by atoms with E-state index in [1.807, 2.05) is 0 Å². The molecule has 0 saturated heterocycles. The fourth-order valence-electron chi connectivity index (χ4n) is 2.34. The molecule has 0 radical (unpaired) electrons. The van der Waals surface area contributed by atoms with Crippen molar-refractivity contribution in [2.45, 2.75) is 11.3 Å². The summed E-state index contributed by atoms with van der Waals surface area (Å²) in [7, 11) is -1.92. The lowest BCUT2D eigenvalue weighted by Gasteiger charge is -2.23. The summed E-state index contributed by atoms with van der Waals surface area (Å²) in [5.41, 5.74) is 8.15. The van der Waals surface area contributed by atoms with Gasteiger partial charge in [-0.2, -0.15) is 22.8 Å². The highest BCUT2D eigenvalue weighted by Gasteiger charge is 2.38. The zero-order chi connectivity index (χ0) is 22.1. The third kappa shape index (κ3) is 4.25. The van der Waals surface area contributed by atoms with E-state index in [0.717, 1.165) is 23.3 Å². The Hall–Kier alpha value is -3.46. The van der Waals surface area contributed by atoms with Crippen LogP contribution in [0.25, 0.3) is 0 Å². The third-order valence-corrected chi connectivity index (χ3v) is 5.25. The molecule has 162 valence electrons. The number of hydrazine groups is 2. The number of nitrogens with two attached hydrogens (primary N) is 1. The topological polar surface area (TPSA) is 132 Å². The molecule has 1 aliphatic heterocycles. The SMILES string of the molecule is COc1cc(OC)nc(N2C=C(N)N(S(=O)(=O)c3ccccc3OC(F)(F)F)N2)n1. The highest BCUT2D eigenvalue weighted by atomic mass is 32.2. The first kappa shape index (κ1) is 21.3. The van der Waals surface area contributed by atoms with Crippen LogP contribution in [0.4, 0.5) is 19.1 Å². The predicted octanol–water partition coefficient (Wildman–Crippen LogP) is 1.08. The van der Waals surface area contributed by atoms with Crippen LogP contribution < -0.4 is 30.5 Å². The van der Waals surface area contributed by atoms with Crippen molar-refractivity contribution in [3.63, 3.8) is 0 Å². The van der Waals surface area contributed by atoms with E-state index in [9.17, 15) is 21.6 Å². The van der Waals surface area contributed by atoms with E-state index >= 15 is 0 Å². The van der Waals surface area contributed by atoms with Crippen molar-refractivity contribution >= 4 is 16.0 Å². The summed E-state index contributed by atoms with van der Waals surface area (Å²) in [6.45, 7) is 0. The van der Waals surface area contributed by atoms with Crippen LogP contribution in [0.2, 0.25) is 0 Å². The molecule has 1 aromatic carbocycles. The Bertz CT molecular complexity index is 1060. The number of benzene rings is 1. The lowest BCUT2D eigenvalue weighted by molar-refractivity contribution is -0.275. The van der Waals surface area contributed by atoms with Gasteiger partial charge in [-0.25, -0.2) is 5.01 Å². The molecule has 0 aliphatic carbocycles. The number of hydrogen-bond donors (Lipinski definition) is 2. The number of para-hydroxylation sites is 1. The summed E-state index contributed by atoms with van der Waals surface area (Å²) >= 11 is 0. The second-order valence-electron chi connectivity index (χ2n) is 5.54. The number of anilines is 1. The second kappa shape index (κ2) is 7.75. The van der Waals surface area contributed by atoms with E-state index in [1.54, 1.807) is 0 Å². The van der Waals surface area contributed by atoms with E-state index in [0.29, 0.717) is 4.41 Å². The van der Waals surface area contributed by atoms with Crippen molar-refractivity contribution in [1.82, 2.24) is 19.9 Å². The number of nitrogens with zero attached hydrogens (tertiary/aromatic N) is 4. The normalized spacial score (nSPS) is 14.5. The van der Waals surface area contributed by atoms with Gasteiger partial charge in [-0.3, -0.25) is 0 Å². The molecular formula is C15H15F3N6O5S. The Morgan fingerprint density at radius 1 is 1.10 bits per heavy atom. The van der Waals surface area contributed by atoms with Crippen molar-refractivity contribution in [3.05, 3.63) is 42.4 Å². The number of alkyl halides is 3. The number of aromatic nitrogens is 2. The summed E-state index contributed by atoms with van der Waals surface area (Å²) in [5, 5.41) is 1.02. The first-order valence-electron chi connectivity index (χ1n) is 7.95. The van der Waals surface area contributed by atoms with Crippen LogP contribution in [0.1, 0.15) is 0 Å². The number of hydrogen-bond acceptors (Lipinski definition) is 10. The number of rotatable bonds is 6. The van der Waals surface area contributed by atoms with Gasteiger partial charge in [0.1, 0.15) is 16.5 Å². The van der Waals surface area contributed by atoms with Crippen LogP contribution in [0.5, 0.6) is 17.5 Å². The lowest BCUT2D eigenvalue weighted by Crippen LogP contribution is -2.46. The maximum absolute atomic E-state index is 13.0. The van der Waals surface area contributed by atoms with E-state index in [1.165, 1.54) is 32.4 Å². The van der Waals surface area contributed by atoms with E-state index in [2.05, 4.69) is 20.2 Å². The molecule has 1 aromatic heterocycles. The Balaban J connectivity index is 1.95. The van der Waals surface area contributed by atoms with Gasteiger partial charge in [-0.1, -0.05) is 12.1 Å². The van der Waals surface area contributed by atoms with Crippen molar-refractivity contribution in [2.24, 2.45) is 5.73 Å². The van der Waals surface area contributed by atoms with Crippen LogP contribution >= 0.6 is 0 Å². The third-order valence-electron chi connectivity index (χ3n) is 3.59. The number of nitrogens with one attached hydrogen (secondary N) is 1. The van der Waals surface area contributed by atoms with Crippen LogP contribution in [0, 0.1) is 0 Å². The first-order chi connectivity index (χ1) is 14.0. The second-order valence-corrected chi connectivity index (χ2v) is 7.30. The van der Waals surface area contributed by atoms with Crippen molar-refractivity contribution < 1.29 is 35.8 Å². The molecule has 0 amide bonds. The quantitative estimate of drug-likeness (QED) is 0.662. The Morgan fingerprint density at radius 2 is 1.70 bits per heavy atom. The Kier molecular flexibility index (Phi) is 5.49. The monoisotopic (exact) mass is 448 g/mol. The van der Waals surface area contributed by atoms with Crippen LogP contribution in [-0.4, -0.2) is 43.4 Å². The van der Waals surface area contributed by atoms with Gasteiger partial charge in [0.05, 0.1) is 26.5 Å². The van der Waals surface area contributed by atoms with E-state index < -0.39 is 27.0 Å². The molecule has 1 aliphatic rings. The molecule has 0 fully saturated rings. The van der Waals surface area contributed by atoms with Gasteiger partial charge < -0.3 is 19.9 Å². The standard InChI is InChI=1S/C15H15F3N6O5S/c1-27-12-7-13(28-2)21-14(20-12)23-8-11(19)24(22-23)30(25,26)10-6-4-3-5-9(10)29-15(16,17)18/h3-8,22H,19H2,1-2H3. The molecule has 0 bridgehead atoms. The van der Waals surface area contributed by atoms with Gasteiger partial charge in [0.15, 0.2) is 0 Å². The molecule has 30 heavy (non-hydrogen) atoms. The number of methoxy groups -OCH3 is 2. The zero-order valence-corrected chi connectivity index (χ0v) is 16.2. The van der Waals surface area contributed by atoms with Gasteiger partial charge in [0, 0.05) is 0 Å². The molecule has 0 saturated carbocycles. The smallest absolute Gasteiger partial charge is 0.481 e. The molecule has 2 aromatic rings. The summed E-state index contributed by atoms with van der Waals surface area (Å²) in [4.78, 5) is 7.29. The molecule has 3 rings (SSSR count). The van der Waals surface area contributed by atoms with Gasteiger partial charge in [-0.05, 0) is 12.1 Å². The largest absolute Gasteiger partial charge is 0.573 e. The number of ether oxygens (including phenoxy) is 3. The van der Waals surface area contributed by atoms with Crippen molar-refractivity contribution in [3.8, 4) is 17.5 Å². The molecule has 2 heterocycles. The molecule has 0 atom stereocenters.